The highest BCUT2D eigenvalue weighted by atomic mass is 16.5. The van der Waals surface area contributed by atoms with Crippen molar-refractivity contribution in [2.45, 2.75) is 46.2 Å². The lowest BCUT2D eigenvalue weighted by Gasteiger charge is -2.15. The maximum atomic E-state index is 6.38. The molecular weight excluding hydrogens is 262 g/mol. The molecule has 2 rings (SSSR count). The van der Waals surface area contributed by atoms with Crippen molar-refractivity contribution in [3.8, 4) is 5.75 Å². The summed E-state index contributed by atoms with van der Waals surface area (Å²) in [7, 11) is 1.69. The van der Waals surface area contributed by atoms with Crippen LogP contribution in [0.15, 0.2) is 24.3 Å². The molecule has 0 saturated carbocycles. The molecule has 0 spiro atoms. The van der Waals surface area contributed by atoms with Crippen molar-refractivity contribution in [2.75, 3.05) is 7.11 Å². The normalized spacial score (nSPS) is 12.4. The molecule has 1 unspecified atom stereocenters. The van der Waals surface area contributed by atoms with Crippen LogP contribution in [0.1, 0.15) is 42.4 Å². The Kier molecular flexibility index (Phi) is 5.02. The van der Waals surface area contributed by atoms with E-state index in [2.05, 4.69) is 37.1 Å². The van der Waals surface area contributed by atoms with E-state index in [4.69, 9.17) is 10.5 Å². The molecule has 114 valence electrons. The average Bonchev–Trinajstić information content (AvgIpc) is 2.89. The van der Waals surface area contributed by atoms with Crippen molar-refractivity contribution in [1.29, 1.82) is 0 Å². The molecule has 21 heavy (non-hydrogen) atoms. The molecule has 0 saturated heterocycles. The fraction of sp³-hybridized carbons (Fsp3) is 0.471. The molecular formula is C17H25N3O. The zero-order valence-electron chi connectivity index (χ0n) is 13.4. The van der Waals surface area contributed by atoms with Gasteiger partial charge in [-0.15, -0.1) is 0 Å². The van der Waals surface area contributed by atoms with Crippen molar-refractivity contribution >= 4 is 0 Å². The first-order valence-electron chi connectivity index (χ1n) is 7.54. The molecule has 0 amide bonds. The summed E-state index contributed by atoms with van der Waals surface area (Å²) >= 11 is 0. The Hall–Kier alpha value is -1.81. The van der Waals surface area contributed by atoms with Gasteiger partial charge in [-0.05, 0) is 43.5 Å². The SMILES string of the molecule is CCc1cc(CC(N)c2ccc(C)c(OC)c2)n(CC)n1. The number of hydrogen-bond donors (Lipinski definition) is 1. The summed E-state index contributed by atoms with van der Waals surface area (Å²) in [4.78, 5) is 0. The first-order valence-corrected chi connectivity index (χ1v) is 7.54. The van der Waals surface area contributed by atoms with Gasteiger partial charge in [0.2, 0.25) is 0 Å². The highest BCUT2D eigenvalue weighted by Crippen LogP contribution is 2.24. The number of benzene rings is 1. The standard InChI is InChI=1S/C17H25N3O/c1-5-14-10-15(20(6-2)19-14)11-16(18)13-8-7-12(3)17(9-13)21-4/h7-10,16H,5-6,11,18H2,1-4H3. The summed E-state index contributed by atoms with van der Waals surface area (Å²) in [5.74, 6) is 0.890. The monoisotopic (exact) mass is 287 g/mol. The van der Waals surface area contributed by atoms with Crippen molar-refractivity contribution in [2.24, 2.45) is 5.73 Å². The summed E-state index contributed by atoms with van der Waals surface area (Å²) in [6, 6.07) is 8.28. The topological polar surface area (TPSA) is 53.1 Å². The first-order chi connectivity index (χ1) is 10.1. The molecule has 1 aromatic heterocycles. The van der Waals surface area contributed by atoms with E-state index in [1.807, 2.05) is 17.7 Å². The Morgan fingerprint density at radius 3 is 2.67 bits per heavy atom. The van der Waals surface area contributed by atoms with Crippen LogP contribution in [0.25, 0.3) is 0 Å². The van der Waals surface area contributed by atoms with Crippen LogP contribution in [0.3, 0.4) is 0 Å². The van der Waals surface area contributed by atoms with E-state index in [0.717, 1.165) is 42.0 Å². The lowest BCUT2D eigenvalue weighted by molar-refractivity contribution is 0.410. The van der Waals surface area contributed by atoms with Gasteiger partial charge in [0.05, 0.1) is 12.8 Å². The van der Waals surface area contributed by atoms with Crippen molar-refractivity contribution in [3.05, 3.63) is 46.8 Å². The molecule has 1 atom stereocenters. The highest BCUT2D eigenvalue weighted by Gasteiger charge is 2.13. The third-order valence-corrected chi connectivity index (χ3v) is 3.87. The van der Waals surface area contributed by atoms with E-state index in [0.29, 0.717) is 0 Å². The number of methoxy groups -OCH3 is 1. The molecule has 4 heteroatoms. The zero-order valence-corrected chi connectivity index (χ0v) is 13.4. The summed E-state index contributed by atoms with van der Waals surface area (Å²) in [5.41, 5.74) is 10.9. The molecule has 0 aliphatic rings. The zero-order chi connectivity index (χ0) is 15.4. The molecule has 0 radical (unpaired) electrons. The van der Waals surface area contributed by atoms with Gasteiger partial charge in [-0.2, -0.15) is 5.10 Å². The molecule has 0 bridgehead atoms. The number of aryl methyl sites for hydroxylation is 3. The third-order valence-electron chi connectivity index (χ3n) is 3.87. The van der Waals surface area contributed by atoms with Crippen molar-refractivity contribution < 1.29 is 4.74 Å². The molecule has 4 nitrogen and oxygen atoms in total. The smallest absolute Gasteiger partial charge is 0.122 e. The molecule has 1 heterocycles. The van der Waals surface area contributed by atoms with Gasteiger partial charge in [0, 0.05) is 24.7 Å². The lowest BCUT2D eigenvalue weighted by atomic mass is 10.0. The number of nitrogens with zero attached hydrogens (tertiary/aromatic N) is 2. The minimum atomic E-state index is -0.0498. The van der Waals surface area contributed by atoms with Crippen LogP contribution in [0.4, 0.5) is 0 Å². The maximum Gasteiger partial charge on any atom is 0.122 e. The Balaban J connectivity index is 2.21. The van der Waals surface area contributed by atoms with E-state index >= 15 is 0 Å². The lowest BCUT2D eigenvalue weighted by Crippen LogP contribution is -2.16. The molecule has 2 aromatic rings. The first kappa shape index (κ1) is 15.6. The van der Waals surface area contributed by atoms with Crippen LogP contribution in [0, 0.1) is 6.92 Å². The van der Waals surface area contributed by atoms with Crippen LogP contribution in [0.2, 0.25) is 0 Å². The van der Waals surface area contributed by atoms with Crippen LogP contribution in [0.5, 0.6) is 5.75 Å². The summed E-state index contributed by atoms with van der Waals surface area (Å²) in [6.45, 7) is 7.14. The predicted molar refractivity (Wildman–Crippen MR) is 85.6 cm³/mol. The van der Waals surface area contributed by atoms with Gasteiger partial charge < -0.3 is 10.5 Å². The van der Waals surface area contributed by atoms with Gasteiger partial charge in [-0.25, -0.2) is 0 Å². The number of nitrogens with two attached hydrogens (primary N) is 1. The molecule has 2 N–H and O–H groups in total. The van der Waals surface area contributed by atoms with Crippen LogP contribution < -0.4 is 10.5 Å². The largest absolute Gasteiger partial charge is 0.496 e. The van der Waals surface area contributed by atoms with E-state index in [1.54, 1.807) is 7.11 Å². The number of hydrogen-bond acceptors (Lipinski definition) is 3. The van der Waals surface area contributed by atoms with E-state index < -0.39 is 0 Å². The molecule has 0 fully saturated rings. The number of rotatable bonds is 6. The van der Waals surface area contributed by atoms with E-state index in [9.17, 15) is 0 Å². The minimum Gasteiger partial charge on any atom is -0.496 e. The van der Waals surface area contributed by atoms with Gasteiger partial charge in [-0.1, -0.05) is 19.1 Å². The van der Waals surface area contributed by atoms with E-state index in [1.165, 1.54) is 5.69 Å². The maximum absolute atomic E-state index is 6.38. The average molecular weight is 287 g/mol. The van der Waals surface area contributed by atoms with Gasteiger partial charge in [-0.3, -0.25) is 4.68 Å². The molecule has 0 aliphatic heterocycles. The fourth-order valence-corrected chi connectivity index (χ4v) is 2.54. The Morgan fingerprint density at radius 2 is 2.05 bits per heavy atom. The second kappa shape index (κ2) is 6.76. The summed E-state index contributed by atoms with van der Waals surface area (Å²) in [6.07, 6.45) is 1.74. The summed E-state index contributed by atoms with van der Waals surface area (Å²) in [5, 5.41) is 4.58. The quantitative estimate of drug-likeness (QED) is 0.888. The fourth-order valence-electron chi connectivity index (χ4n) is 2.54. The van der Waals surface area contributed by atoms with Gasteiger partial charge >= 0.3 is 0 Å². The van der Waals surface area contributed by atoms with Crippen molar-refractivity contribution in [1.82, 2.24) is 9.78 Å². The van der Waals surface area contributed by atoms with Gasteiger partial charge in [0.1, 0.15) is 5.75 Å². The second-order valence-electron chi connectivity index (χ2n) is 5.34. The van der Waals surface area contributed by atoms with Crippen LogP contribution >= 0.6 is 0 Å². The van der Waals surface area contributed by atoms with E-state index in [-0.39, 0.29) is 6.04 Å². The second-order valence-corrected chi connectivity index (χ2v) is 5.34. The number of aromatic nitrogens is 2. The van der Waals surface area contributed by atoms with Crippen LogP contribution in [-0.4, -0.2) is 16.9 Å². The van der Waals surface area contributed by atoms with Gasteiger partial charge in [0.15, 0.2) is 0 Å². The Labute approximate surface area is 126 Å². The third kappa shape index (κ3) is 3.45. The van der Waals surface area contributed by atoms with Crippen molar-refractivity contribution in [3.63, 3.8) is 0 Å². The summed E-state index contributed by atoms with van der Waals surface area (Å²) < 4.78 is 7.43. The van der Waals surface area contributed by atoms with Crippen LogP contribution in [-0.2, 0) is 19.4 Å². The molecule has 1 aromatic carbocycles. The molecule has 0 aliphatic carbocycles. The highest BCUT2D eigenvalue weighted by molar-refractivity contribution is 5.38. The Bertz CT molecular complexity index is 604. The predicted octanol–water partition coefficient (Wildman–Crippen LogP) is 3.02. The minimum absolute atomic E-state index is 0.0498. The number of ether oxygens (including phenoxy) is 1. The Morgan fingerprint density at radius 1 is 1.29 bits per heavy atom. The van der Waals surface area contributed by atoms with Gasteiger partial charge in [0.25, 0.3) is 0 Å².